The van der Waals surface area contributed by atoms with Crippen LogP contribution < -0.4 is 9.62 Å². The summed E-state index contributed by atoms with van der Waals surface area (Å²) in [6.07, 6.45) is -3.64. The van der Waals surface area contributed by atoms with Crippen LogP contribution in [0.4, 0.5) is 18.9 Å². The molecule has 2 aromatic rings. The van der Waals surface area contributed by atoms with Crippen LogP contribution in [0.2, 0.25) is 0 Å². The summed E-state index contributed by atoms with van der Waals surface area (Å²) in [6.45, 7) is 8.21. The number of rotatable bonds is 9. The highest BCUT2D eigenvalue weighted by Crippen LogP contribution is 2.32. The van der Waals surface area contributed by atoms with Crippen LogP contribution in [0, 0.1) is 6.92 Å². The van der Waals surface area contributed by atoms with Crippen molar-refractivity contribution in [2.45, 2.75) is 65.3 Å². The van der Waals surface area contributed by atoms with Gasteiger partial charge < -0.3 is 10.2 Å². The predicted molar refractivity (Wildman–Crippen MR) is 137 cm³/mol. The van der Waals surface area contributed by atoms with E-state index >= 15 is 0 Å². The molecule has 0 bridgehead atoms. The molecule has 1 N–H and O–H groups in total. The summed E-state index contributed by atoms with van der Waals surface area (Å²) in [4.78, 5) is 28.1. The number of hydrogen-bond donors (Lipinski definition) is 1. The first-order chi connectivity index (χ1) is 16.9. The van der Waals surface area contributed by atoms with Crippen LogP contribution >= 0.6 is 0 Å². The summed E-state index contributed by atoms with van der Waals surface area (Å²) >= 11 is 0. The lowest BCUT2D eigenvalue weighted by Crippen LogP contribution is -2.55. The second-order valence-corrected chi connectivity index (χ2v) is 11.8. The number of carbonyl (C=O) groups is 2. The summed E-state index contributed by atoms with van der Waals surface area (Å²) in [5.74, 6) is -1.14. The van der Waals surface area contributed by atoms with Crippen molar-refractivity contribution in [2.75, 3.05) is 17.1 Å². The van der Waals surface area contributed by atoms with Gasteiger partial charge >= 0.3 is 6.18 Å². The summed E-state index contributed by atoms with van der Waals surface area (Å²) in [6, 6.07) is 10.1. The number of anilines is 1. The molecule has 0 aliphatic rings. The molecular formula is C26H34F3N3O4S. The van der Waals surface area contributed by atoms with Crippen LogP contribution in [0.15, 0.2) is 48.5 Å². The van der Waals surface area contributed by atoms with Gasteiger partial charge in [-0.3, -0.25) is 13.9 Å². The third kappa shape index (κ3) is 8.48. The first-order valence-corrected chi connectivity index (χ1v) is 13.6. The fourth-order valence-corrected chi connectivity index (χ4v) is 4.64. The highest BCUT2D eigenvalue weighted by Gasteiger charge is 2.35. The topological polar surface area (TPSA) is 86.8 Å². The normalized spacial score (nSPS) is 13.1. The van der Waals surface area contributed by atoms with Crippen molar-refractivity contribution in [3.05, 3.63) is 65.2 Å². The Hall–Kier alpha value is -3.08. The van der Waals surface area contributed by atoms with Crippen LogP contribution in [-0.4, -0.2) is 49.5 Å². The number of alkyl halides is 3. The van der Waals surface area contributed by atoms with Crippen molar-refractivity contribution >= 4 is 27.5 Å². The number of amides is 2. The maximum Gasteiger partial charge on any atom is 0.416 e. The predicted octanol–water partition coefficient (Wildman–Crippen LogP) is 4.50. The molecular weight excluding hydrogens is 507 g/mol. The van der Waals surface area contributed by atoms with Crippen molar-refractivity contribution in [3.8, 4) is 0 Å². The van der Waals surface area contributed by atoms with Gasteiger partial charge in [0.2, 0.25) is 21.8 Å². The van der Waals surface area contributed by atoms with E-state index in [-0.39, 0.29) is 18.7 Å². The fourth-order valence-electron chi connectivity index (χ4n) is 3.79. The number of nitrogens with zero attached hydrogens (tertiary/aromatic N) is 2. The first-order valence-electron chi connectivity index (χ1n) is 11.7. The summed E-state index contributed by atoms with van der Waals surface area (Å²) < 4.78 is 65.7. The van der Waals surface area contributed by atoms with E-state index in [0.717, 1.165) is 29.5 Å². The Morgan fingerprint density at radius 3 is 2.16 bits per heavy atom. The lowest BCUT2D eigenvalue weighted by molar-refractivity contribution is -0.141. The van der Waals surface area contributed by atoms with E-state index in [1.54, 1.807) is 39.8 Å². The molecule has 204 valence electrons. The first kappa shape index (κ1) is 30.1. The molecule has 11 heteroatoms. The van der Waals surface area contributed by atoms with Gasteiger partial charge in [-0.1, -0.05) is 37.3 Å². The molecule has 37 heavy (non-hydrogen) atoms. The zero-order chi connectivity index (χ0) is 28.2. The molecule has 0 aliphatic heterocycles. The van der Waals surface area contributed by atoms with Gasteiger partial charge in [0.05, 0.1) is 17.5 Å². The molecule has 0 heterocycles. The molecule has 2 rings (SSSR count). The van der Waals surface area contributed by atoms with Crippen LogP contribution in [0.25, 0.3) is 0 Å². The number of nitrogens with one attached hydrogen (secondary N) is 1. The number of hydrogen-bond acceptors (Lipinski definition) is 4. The van der Waals surface area contributed by atoms with Crippen molar-refractivity contribution in [1.29, 1.82) is 0 Å². The Labute approximate surface area is 216 Å². The third-order valence-corrected chi connectivity index (χ3v) is 6.77. The standard InChI is InChI=1S/C26H34F3N3O4S/c1-7-22(24(34)30-25(3,4)5)31(16-19-12-9-8-11-18(19)2)23(33)17-32(37(6,35)36)21-14-10-13-20(15-21)26(27,28)29/h8-15,22H,7,16-17H2,1-6H3,(H,30,34)/t22-/m1/s1. The van der Waals surface area contributed by atoms with Gasteiger partial charge in [0.25, 0.3) is 0 Å². The molecule has 0 aliphatic carbocycles. The average Bonchev–Trinajstić information content (AvgIpc) is 2.76. The summed E-state index contributed by atoms with van der Waals surface area (Å²) in [7, 11) is -4.15. The Balaban J connectivity index is 2.52. The lowest BCUT2D eigenvalue weighted by atomic mass is 10.0. The minimum Gasteiger partial charge on any atom is -0.350 e. The van der Waals surface area contributed by atoms with Crippen LogP contribution in [0.1, 0.15) is 50.8 Å². The molecule has 1 atom stereocenters. The molecule has 0 spiro atoms. The Kier molecular flexibility index (Phi) is 9.40. The molecule has 7 nitrogen and oxygen atoms in total. The summed E-state index contributed by atoms with van der Waals surface area (Å²) in [5.41, 5.74) is -0.307. The van der Waals surface area contributed by atoms with Gasteiger partial charge in [-0.25, -0.2) is 8.42 Å². The highest BCUT2D eigenvalue weighted by atomic mass is 32.2. The number of halogens is 3. The van der Waals surface area contributed by atoms with Gasteiger partial charge in [-0.05, 0) is 63.4 Å². The minimum absolute atomic E-state index is 0.0156. The van der Waals surface area contributed by atoms with Crippen molar-refractivity contribution in [2.24, 2.45) is 0 Å². The molecule has 0 aromatic heterocycles. The number of sulfonamides is 1. The minimum atomic E-state index is -4.70. The average molecular weight is 542 g/mol. The van der Waals surface area contributed by atoms with E-state index < -0.39 is 51.7 Å². The van der Waals surface area contributed by atoms with Gasteiger partial charge in [0.1, 0.15) is 12.6 Å². The lowest BCUT2D eigenvalue weighted by Gasteiger charge is -2.34. The van der Waals surface area contributed by atoms with Crippen molar-refractivity contribution in [1.82, 2.24) is 10.2 Å². The second-order valence-electron chi connectivity index (χ2n) is 9.93. The van der Waals surface area contributed by atoms with E-state index in [2.05, 4.69) is 5.32 Å². The monoisotopic (exact) mass is 541 g/mol. The quantitative estimate of drug-likeness (QED) is 0.507. The molecule has 0 unspecified atom stereocenters. The van der Waals surface area contributed by atoms with Crippen molar-refractivity contribution < 1.29 is 31.2 Å². The smallest absolute Gasteiger partial charge is 0.350 e. The largest absolute Gasteiger partial charge is 0.416 e. The SMILES string of the molecule is CC[C@H](C(=O)NC(C)(C)C)N(Cc1ccccc1C)C(=O)CN(c1cccc(C(F)(F)F)c1)S(C)(=O)=O. The van der Waals surface area contributed by atoms with Gasteiger partial charge in [-0.2, -0.15) is 13.2 Å². The molecule has 2 amide bonds. The van der Waals surface area contributed by atoms with E-state index in [4.69, 9.17) is 0 Å². The fraction of sp³-hybridized carbons (Fsp3) is 0.462. The Morgan fingerprint density at radius 2 is 1.65 bits per heavy atom. The number of aryl methyl sites for hydroxylation is 1. The number of carbonyl (C=O) groups excluding carboxylic acids is 2. The molecule has 2 aromatic carbocycles. The zero-order valence-corrected chi connectivity index (χ0v) is 22.7. The highest BCUT2D eigenvalue weighted by molar-refractivity contribution is 7.92. The zero-order valence-electron chi connectivity index (χ0n) is 21.9. The van der Waals surface area contributed by atoms with Gasteiger partial charge in [0.15, 0.2) is 0 Å². The number of benzene rings is 2. The third-order valence-electron chi connectivity index (χ3n) is 5.63. The van der Waals surface area contributed by atoms with Gasteiger partial charge in [-0.15, -0.1) is 0 Å². The maximum absolute atomic E-state index is 13.7. The molecule has 0 fully saturated rings. The van der Waals surface area contributed by atoms with E-state index in [1.165, 1.54) is 11.0 Å². The maximum atomic E-state index is 13.7. The molecule has 0 radical (unpaired) electrons. The van der Waals surface area contributed by atoms with E-state index in [0.29, 0.717) is 10.4 Å². The van der Waals surface area contributed by atoms with Crippen LogP contribution in [0.5, 0.6) is 0 Å². The summed E-state index contributed by atoms with van der Waals surface area (Å²) in [5, 5.41) is 2.86. The Bertz CT molecular complexity index is 1220. The van der Waals surface area contributed by atoms with E-state index in [1.807, 2.05) is 19.1 Å². The second kappa shape index (κ2) is 11.5. The van der Waals surface area contributed by atoms with Gasteiger partial charge in [0, 0.05) is 12.1 Å². The van der Waals surface area contributed by atoms with Crippen LogP contribution in [-0.2, 0) is 32.3 Å². The Morgan fingerprint density at radius 1 is 1.03 bits per heavy atom. The van der Waals surface area contributed by atoms with Crippen LogP contribution in [0.3, 0.4) is 0 Å². The van der Waals surface area contributed by atoms with Crippen molar-refractivity contribution in [3.63, 3.8) is 0 Å². The molecule has 0 saturated heterocycles. The van der Waals surface area contributed by atoms with E-state index in [9.17, 15) is 31.2 Å². The molecule has 0 saturated carbocycles.